The van der Waals surface area contributed by atoms with Crippen LogP contribution in [0.25, 0.3) is 0 Å². The summed E-state index contributed by atoms with van der Waals surface area (Å²) < 4.78 is 0. The summed E-state index contributed by atoms with van der Waals surface area (Å²) in [5.74, 6) is -0.0650. The second-order valence-corrected chi connectivity index (χ2v) is 12.3. The molecule has 0 aliphatic heterocycles. The minimum Gasteiger partial charge on any atom is -0.394 e. The molecule has 0 aromatic rings. The molecule has 0 spiro atoms. The predicted molar refractivity (Wildman–Crippen MR) is 175 cm³/mol. The molecular formula is C36H71NO3. The predicted octanol–water partition coefficient (Wildman–Crippen LogP) is 10.3. The van der Waals surface area contributed by atoms with Crippen molar-refractivity contribution < 1.29 is 15.0 Å². The highest BCUT2D eigenvalue weighted by Gasteiger charge is 2.17. The summed E-state index contributed by atoms with van der Waals surface area (Å²) >= 11 is 0. The van der Waals surface area contributed by atoms with Crippen molar-refractivity contribution >= 4 is 5.91 Å². The third-order valence-corrected chi connectivity index (χ3v) is 8.27. The molecule has 0 bridgehead atoms. The van der Waals surface area contributed by atoms with E-state index in [1.54, 1.807) is 6.08 Å². The van der Waals surface area contributed by atoms with Crippen LogP contribution < -0.4 is 5.32 Å². The SMILES string of the molecule is CCCCCCCCCCCCCCCCC/C=C/C(O)C(CO)NC(=O)CCCCCCCCCCCCC. The summed E-state index contributed by atoms with van der Waals surface area (Å²) in [7, 11) is 0. The average Bonchev–Trinajstić information content (AvgIpc) is 2.96. The number of aliphatic hydroxyl groups excluding tert-OH is 2. The number of hydrogen-bond donors (Lipinski definition) is 3. The van der Waals surface area contributed by atoms with E-state index < -0.39 is 12.1 Å². The van der Waals surface area contributed by atoms with Gasteiger partial charge in [0.1, 0.15) is 0 Å². The zero-order valence-corrected chi connectivity index (χ0v) is 27.1. The maximum Gasteiger partial charge on any atom is 0.220 e. The normalized spacial score (nSPS) is 13.2. The van der Waals surface area contributed by atoms with Crippen LogP contribution in [-0.4, -0.2) is 34.9 Å². The number of aliphatic hydroxyl groups is 2. The van der Waals surface area contributed by atoms with Gasteiger partial charge in [0.05, 0.1) is 18.8 Å². The van der Waals surface area contributed by atoms with E-state index in [1.807, 2.05) is 6.08 Å². The lowest BCUT2D eigenvalue weighted by Gasteiger charge is -2.20. The number of carbonyl (C=O) groups is 1. The lowest BCUT2D eigenvalue weighted by atomic mass is 10.0. The number of unbranched alkanes of at least 4 members (excludes halogenated alkanes) is 25. The molecule has 1 amide bonds. The van der Waals surface area contributed by atoms with Gasteiger partial charge in [-0.05, 0) is 19.3 Å². The molecule has 238 valence electrons. The molecule has 0 aliphatic carbocycles. The Labute approximate surface area is 250 Å². The monoisotopic (exact) mass is 566 g/mol. The van der Waals surface area contributed by atoms with Crippen molar-refractivity contribution in [1.82, 2.24) is 5.32 Å². The van der Waals surface area contributed by atoms with Gasteiger partial charge in [-0.2, -0.15) is 0 Å². The molecular weight excluding hydrogens is 494 g/mol. The van der Waals surface area contributed by atoms with Gasteiger partial charge in [-0.25, -0.2) is 0 Å². The van der Waals surface area contributed by atoms with E-state index in [1.165, 1.54) is 148 Å². The summed E-state index contributed by atoms with van der Waals surface area (Å²) in [6.07, 6.45) is 38.6. The highest BCUT2D eigenvalue weighted by Crippen LogP contribution is 2.14. The molecule has 0 saturated carbocycles. The molecule has 0 heterocycles. The van der Waals surface area contributed by atoms with Gasteiger partial charge in [-0.1, -0.05) is 180 Å². The molecule has 0 aromatic carbocycles. The molecule has 0 aliphatic rings. The summed E-state index contributed by atoms with van der Waals surface area (Å²) in [4.78, 5) is 12.3. The number of carbonyl (C=O) groups excluding carboxylic acids is 1. The first-order valence-corrected chi connectivity index (χ1v) is 17.9. The van der Waals surface area contributed by atoms with Crippen molar-refractivity contribution in [1.29, 1.82) is 0 Å². The lowest BCUT2D eigenvalue weighted by molar-refractivity contribution is -0.123. The van der Waals surface area contributed by atoms with Gasteiger partial charge in [0, 0.05) is 6.42 Å². The minimum atomic E-state index is -0.831. The molecule has 2 unspecified atom stereocenters. The Morgan fingerprint density at radius 3 is 1.30 bits per heavy atom. The van der Waals surface area contributed by atoms with Crippen molar-refractivity contribution in [3.8, 4) is 0 Å². The van der Waals surface area contributed by atoms with E-state index in [4.69, 9.17) is 0 Å². The minimum absolute atomic E-state index is 0.0650. The van der Waals surface area contributed by atoms with Crippen LogP contribution in [-0.2, 0) is 4.79 Å². The Morgan fingerprint density at radius 1 is 0.575 bits per heavy atom. The van der Waals surface area contributed by atoms with Crippen LogP contribution in [0.2, 0.25) is 0 Å². The van der Waals surface area contributed by atoms with E-state index in [2.05, 4.69) is 19.2 Å². The van der Waals surface area contributed by atoms with Gasteiger partial charge in [0.15, 0.2) is 0 Å². The number of rotatable bonds is 32. The molecule has 0 aromatic heterocycles. The Bertz CT molecular complexity index is 536. The average molecular weight is 566 g/mol. The van der Waals surface area contributed by atoms with Gasteiger partial charge in [0.25, 0.3) is 0 Å². The molecule has 2 atom stereocenters. The number of nitrogens with one attached hydrogen (secondary N) is 1. The standard InChI is InChI=1S/C36H71NO3/c1-3-5-7-9-11-13-15-16-17-18-19-20-22-23-25-27-29-31-35(39)34(33-38)37-36(40)32-30-28-26-24-21-14-12-10-8-6-4-2/h29,31,34-35,38-39H,3-28,30,32-33H2,1-2H3,(H,37,40)/b31-29+. The Balaban J connectivity index is 3.60. The third-order valence-electron chi connectivity index (χ3n) is 8.27. The van der Waals surface area contributed by atoms with E-state index >= 15 is 0 Å². The molecule has 0 saturated heterocycles. The highest BCUT2D eigenvalue weighted by molar-refractivity contribution is 5.76. The molecule has 0 rings (SSSR count). The van der Waals surface area contributed by atoms with E-state index in [0.29, 0.717) is 6.42 Å². The number of amides is 1. The zero-order chi connectivity index (χ0) is 29.4. The van der Waals surface area contributed by atoms with Crippen LogP contribution in [0.1, 0.15) is 194 Å². The van der Waals surface area contributed by atoms with Crippen LogP contribution in [0.4, 0.5) is 0 Å². The maximum absolute atomic E-state index is 12.3. The van der Waals surface area contributed by atoms with E-state index in [0.717, 1.165) is 25.7 Å². The molecule has 40 heavy (non-hydrogen) atoms. The van der Waals surface area contributed by atoms with Crippen molar-refractivity contribution in [2.45, 2.75) is 206 Å². The van der Waals surface area contributed by atoms with Crippen LogP contribution in [0, 0.1) is 0 Å². The first-order valence-electron chi connectivity index (χ1n) is 17.9. The van der Waals surface area contributed by atoms with Crippen molar-refractivity contribution in [3.63, 3.8) is 0 Å². The fourth-order valence-electron chi connectivity index (χ4n) is 5.47. The summed E-state index contributed by atoms with van der Waals surface area (Å²) in [5, 5.41) is 22.8. The van der Waals surface area contributed by atoms with E-state index in [9.17, 15) is 15.0 Å². The fourth-order valence-corrected chi connectivity index (χ4v) is 5.47. The van der Waals surface area contributed by atoms with Crippen molar-refractivity contribution in [3.05, 3.63) is 12.2 Å². The number of allylic oxidation sites excluding steroid dienone is 1. The van der Waals surface area contributed by atoms with Crippen molar-refractivity contribution in [2.75, 3.05) is 6.61 Å². The Morgan fingerprint density at radius 2 is 0.925 bits per heavy atom. The fraction of sp³-hybridized carbons (Fsp3) is 0.917. The summed E-state index contributed by atoms with van der Waals surface area (Å²) in [5.41, 5.74) is 0. The summed E-state index contributed by atoms with van der Waals surface area (Å²) in [6, 6.07) is -0.613. The quantitative estimate of drug-likeness (QED) is 0.0561. The van der Waals surface area contributed by atoms with Crippen LogP contribution in [0.3, 0.4) is 0 Å². The van der Waals surface area contributed by atoms with Crippen molar-refractivity contribution in [2.24, 2.45) is 0 Å². The van der Waals surface area contributed by atoms with Crippen LogP contribution in [0.5, 0.6) is 0 Å². The largest absolute Gasteiger partial charge is 0.394 e. The maximum atomic E-state index is 12.3. The van der Waals surface area contributed by atoms with Gasteiger partial charge >= 0.3 is 0 Å². The van der Waals surface area contributed by atoms with Gasteiger partial charge < -0.3 is 15.5 Å². The second kappa shape index (κ2) is 32.6. The van der Waals surface area contributed by atoms with Crippen LogP contribution in [0.15, 0.2) is 12.2 Å². The molecule has 4 nitrogen and oxygen atoms in total. The van der Waals surface area contributed by atoms with Crippen LogP contribution >= 0.6 is 0 Å². The molecule has 4 heteroatoms. The number of hydrogen-bond acceptors (Lipinski definition) is 3. The molecule has 3 N–H and O–H groups in total. The summed E-state index contributed by atoms with van der Waals surface area (Å²) in [6.45, 7) is 4.29. The molecule has 0 radical (unpaired) electrons. The highest BCUT2D eigenvalue weighted by atomic mass is 16.3. The first kappa shape index (κ1) is 39.1. The molecule has 0 fully saturated rings. The smallest absolute Gasteiger partial charge is 0.220 e. The topological polar surface area (TPSA) is 69.6 Å². The third kappa shape index (κ3) is 28.7. The Kier molecular flexibility index (Phi) is 31.9. The first-order chi connectivity index (χ1) is 19.7. The van der Waals surface area contributed by atoms with Gasteiger partial charge in [-0.3, -0.25) is 4.79 Å². The zero-order valence-electron chi connectivity index (χ0n) is 27.1. The van der Waals surface area contributed by atoms with Gasteiger partial charge in [0.2, 0.25) is 5.91 Å². The lowest BCUT2D eigenvalue weighted by Crippen LogP contribution is -2.45. The Hall–Kier alpha value is -0.870. The second-order valence-electron chi connectivity index (χ2n) is 12.3. The van der Waals surface area contributed by atoms with E-state index in [-0.39, 0.29) is 12.5 Å². The van der Waals surface area contributed by atoms with Gasteiger partial charge in [-0.15, -0.1) is 0 Å².